The van der Waals surface area contributed by atoms with Gasteiger partial charge in [0.2, 0.25) is 10.0 Å². The van der Waals surface area contributed by atoms with Crippen LogP contribution in [0.25, 0.3) is 0 Å². The highest BCUT2D eigenvalue weighted by atomic mass is 32.2. The summed E-state index contributed by atoms with van der Waals surface area (Å²) in [5.41, 5.74) is 5.02. The van der Waals surface area contributed by atoms with Gasteiger partial charge >= 0.3 is 0 Å². The highest BCUT2D eigenvalue weighted by Gasteiger charge is 2.29. The number of likely N-dealkylation sites (N-methyl/N-ethyl adjacent to an activating group) is 1. The van der Waals surface area contributed by atoms with Crippen molar-refractivity contribution in [3.63, 3.8) is 0 Å². The molecule has 0 bridgehead atoms. The van der Waals surface area contributed by atoms with Crippen LogP contribution >= 0.6 is 0 Å². The number of nitrogen functional groups attached to an aromatic ring is 1. The molecule has 0 unspecified atom stereocenters. The van der Waals surface area contributed by atoms with Crippen molar-refractivity contribution in [3.05, 3.63) is 28.3 Å². The second kappa shape index (κ2) is 5.95. The molecule has 0 saturated heterocycles. The minimum Gasteiger partial charge on any atom is -0.399 e. The molecule has 0 aliphatic carbocycles. The fraction of sp³-hybridized carbons (Fsp3) is 0.400. The van der Waals surface area contributed by atoms with Crippen molar-refractivity contribution in [2.45, 2.75) is 4.90 Å². The fourth-order valence-corrected chi connectivity index (χ4v) is 2.69. The van der Waals surface area contributed by atoms with E-state index in [9.17, 15) is 18.5 Å². The summed E-state index contributed by atoms with van der Waals surface area (Å²) in [5.74, 6) is 0. The summed E-state index contributed by atoms with van der Waals surface area (Å²) in [5, 5.41) is 10.9. The van der Waals surface area contributed by atoms with Crippen LogP contribution < -0.4 is 5.73 Å². The number of hydrogen-bond donors (Lipinski definition) is 1. The predicted octanol–water partition coefficient (Wildman–Crippen LogP) is 0.444. The van der Waals surface area contributed by atoms with E-state index in [1.807, 2.05) is 0 Å². The average molecular weight is 289 g/mol. The molecule has 19 heavy (non-hydrogen) atoms. The first-order chi connectivity index (χ1) is 8.80. The molecule has 8 nitrogen and oxygen atoms in total. The zero-order chi connectivity index (χ0) is 14.6. The van der Waals surface area contributed by atoms with E-state index in [-0.39, 0.29) is 23.7 Å². The van der Waals surface area contributed by atoms with Crippen molar-refractivity contribution in [3.8, 4) is 0 Å². The van der Waals surface area contributed by atoms with Crippen LogP contribution in [0, 0.1) is 10.1 Å². The Labute approximate surface area is 111 Å². The van der Waals surface area contributed by atoms with Crippen molar-refractivity contribution in [1.82, 2.24) is 4.31 Å². The standard InChI is InChI=1S/C10H15N3O5S/c1-12(5-6-18-2)19(16,17)10-4-3-8(11)7-9(10)13(14)15/h3-4,7H,5-6,11H2,1-2H3. The molecule has 0 saturated carbocycles. The Balaban J connectivity index is 3.25. The molecule has 0 aromatic heterocycles. The van der Waals surface area contributed by atoms with Crippen LogP contribution in [0.15, 0.2) is 23.1 Å². The van der Waals surface area contributed by atoms with Crippen LogP contribution in [0.5, 0.6) is 0 Å². The number of methoxy groups -OCH3 is 1. The van der Waals surface area contributed by atoms with E-state index >= 15 is 0 Å². The van der Waals surface area contributed by atoms with Gasteiger partial charge in [0.05, 0.1) is 11.5 Å². The lowest BCUT2D eigenvalue weighted by Crippen LogP contribution is -2.30. The van der Waals surface area contributed by atoms with Crippen molar-refractivity contribution < 1.29 is 18.1 Å². The Morgan fingerprint density at radius 1 is 1.47 bits per heavy atom. The van der Waals surface area contributed by atoms with Gasteiger partial charge in [0.15, 0.2) is 4.90 Å². The van der Waals surface area contributed by atoms with Crippen LogP contribution in [0.1, 0.15) is 0 Å². The van der Waals surface area contributed by atoms with Gasteiger partial charge in [-0.25, -0.2) is 8.42 Å². The summed E-state index contributed by atoms with van der Waals surface area (Å²) in [6.07, 6.45) is 0. The number of nitrogens with zero attached hydrogens (tertiary/aromatic N) is 2. The number of ether oxygens (including phenoxy) is 1. The van der Waals surface area contributed by atoms with Crippen LogP contribution in [-0.2, 0) is 14.8 Å². The highest BCUT2D eigenvalue weighted by Crippen LogP contribution is 2.27. The maximum atomic E-state index is 12.2. The second-order valence-corrected chi connectivity index (χ2v) is 5.82. The fourth-order valence-electron chi connectivity index (χ4n) is 1.40. The van der Waals surface area contributed by atoms with E-state index in [1.165, 1.54) is 20.2 Å². The van der Waals surface area contributed by atoms with E-state index in [1.54, 1.807) is 0 Å². The lowest BCUT2D eigenvalue weighted by molar-refractivity contribution is -0.387. The molecule has 0 aliphatic rings. The number of anilines is 1. The summed E-state index contributed by atoms with van der Waals surface area (Å²) < 4.78 is 30.2. The molecule has 0 aliphatic heterocycles. The van der Waals surface area contributed by atoms with Crippen LogP contribution in [0.4, 0.5) is 11.4 Å². The summed E-state index contributed by atoms with van der Waals surface area (Å²) >= 11 is 0. The van der Waals surface area contributed by atoms with Gasteiger partial charge < -0.3 is 10.5 Å². The third-order valence-corrected chi connectivity index (χ3v) is 4.38. The molecule has 1 aromatic carbocycles. The van der Waals surface area contributed by atoms with Crippen molar-refractivity contribution in [1.29, 1.82) is 0 Å². The SMILES string of the molecule is COCCN(C)S(=O)(=O)c1ccc(N)cc1[N+](=O)[O-]. The normalized spacial score (nSPS) is 11.7. The first-order valence-electron chi connectivity index (χ1n) is 5.30. The van der Waals surface area contributed by atoms with Crippen molar-refractivity contribution in [2.24, 2.45) is 0 Å². The maximum Gasteiger partial charge on any atom is 0.291 e. The molecular weight excluding hydrogens is 274 g/mol. The Morgan fingerprint density at radius 3 is 2.63 bits per heavy atom. The maximum absolute atomic E-state index is 12.2. The number of hydrogen-bond acceptors (Lipinski definition) is 6. The Morgan fingerprint density at radius 2 is 2.11 bits per heavy atom. The van der Waals surface area contributed by atoms with Crippen molar-refractivity contribution >= 4 is 21.4 Å². The predicted molar refractivity (Wildman–Crippen MR) is 69.2 cm³/mol. The zero-order valence-electron chi connectivity index (χ0n) is 10.6. The summed E-state index contributed by atoms with van der Waals surface area (Å²) in [7, 11) is -1.18. The van der Waals surface area contributed by atoms with Crippen LogP contribution in [0.3, 0.4) is 0 Å². The van der Waals surface area contributed by atoms with Gasteiger partial charge in [0.1, 0.15) is 0 Å². The molecular formula is C10H15N3O5S. The Hall–Kier alpha value is -1.71. The van der Waals surface area contributed by atoms with Crippen molar-refractivity contribution in [2.75, 3.05) is 33.0 Å². The highest BCUT2D eigenvalue weighted by molar-refractivity contribution is 7.89. The van der Waals surface area contributed by atoms with Gasteiger partial charge in [-0.3, -0.25) is 10.1 Å². The topological polar surface area (TPSA) is 116 Å². The quantitative estimate of drug-likeness (QED) is 0.461. The molecule has 0 amide bonds. The molecule has 106 valence electrons. The third-order valence-electron chi connectivity index (χ3n) is 2.48. The van der Waals surface area contributed by atoms with E-state index in [2.05, 4.69) is 0 Å². The van der Waals surface area contributed by atoms with Gasteiger partial charge in [-0.05, 0) is 12.1 Å². The molecule has 0 radical (unpaired) electrons. The Bertz CT molecular complexity index is 573. The van der Waals surface area contributed by atoms with Crippen LogP contribution in [0.2, 0.25) is 0 Å². The average Bonchev–Trinajstić information content (AvgIpc) is 2.35. The molecule has 1 aromatic rings. The molecule has 0 atom stereocenters. The molecule has 0 heterocycles. The summed E-state index contributed by atoms with van der Waals surface area (Å²) in [6, 6.07) is 3.47. The lowest BCUT2D eigenvalue weighted by atomic mass is 10.3. The lowest BCUT2D eigenvalue weighted by Gasteiger charge is -2.16. The number of nitrogens with two attached hydrogens (primary N) is 1. The minimum atomic E-state index is -3.95. The number of sulfonamides is 1. The second-order valence-electron chi connectivity index (χ2n) is 3.80. The summed E-state index contributed by atoms with van der Waals surface area (Å²) in [4.78, 5) is 9.75. The largest absolute Gasteiger partial charge is 0.399 e. The first-order valence-corrected chi connectivity index (χ1v) is 6.74. The number of nitro benzene ring substituents is 1. The van der Waals surface area contributed by atoms with Gasteiger partial charge in [-0.2, -0.15) is 4.31 Å². The van der Waals surface area contributed by atoms with Gasteiger partial charge in [-0.1, -0.05) is 0 Å². The number of rotatable bonds is 6. The number of benzene rings is 1. The van der Waals surface area contributed by atoms with E-state index in [0.717, 1.165) is 16.4 Å². The zero-order valence-corrected chi connectivity index (χ0v) is 11.4. The minimum absolute atomic E-state index is 0.0976. The van der Waals surface area contributed by atoms with Gasteiger partial charge in [0, 0.05) is 32.5 Å². The Kier molecular flexibility index (Phi) is 4.81. The smallest absolute Gasteiger partial charge is 0.291 e. The molecule has 9 heteroatoms. The molecule has 0 fully saturated rings. The van der Waals surface area contributed by atoms with Gasteiger partial charge in [-0.15, -0.1) is 0 Å². The first kappa shape index (κ1) is 15.3. The van der Waals surface area contributed by atoms with Crippen LogP contribution in [-0.4, -0.2) is 45.0 Å². The molecule has 0 spiro atoms. The van der Waals surface area contributed by atoms with Gasteiger partial charge in [0.25, 0.3) is 5.69 Å². The molecule has 2 N–H and O–H groups in total. The van der Waals surface area contributed by atoms with E-state index in [0.29, 0.717) is 0 Å². The van der Waals surface area contributed by atoms with E-state index < -0.39 is 20.6 Å². The molecule has 1 rings (SSSR count). The third kappa shape index (κ3) is 3.40. The summed E-state index contributed by atoms with van der Waals surface area (Å²) in [6.45, 7) is 0.291. The number of nitro groups is 1. The monoisotopic (exact) mass is 289 g/mol. The van der Waals surface area contributed by atoms with E-state index in [4.69, 9.17) is 10.5 Å².